The van der Waals surface area contributed by atoms with Crippen LogP contribution >= 0.6 is 23.4 Å². The van der Waals surface area contributed by atoms with Gasteiger partial charge in [-0.05, 0) is 55.7 Å². The van der Waals surface area contributed by atoms with Crippen LogP contribution in [0.2, 0.25) is 5.02 Å². The first-order chi connectivity index (χ1) is 22.1. The Labute approximate surface area is 275 Å². The van der Waals surface area contributed by atoms with Crippen LogP contribution in [-0.2, 0) is 16.9 Å². The fourth-order valence-corrected chi connectivity index (χ4v) is 6.19. The van der Waals surface area contributed by atoms with Crippen LogP contribution in [0.15, 0.2) is 103 Å². The Morgan fingerprint density at radius 2 is 1.85 bits per heavy atom. The third-order valence-corrected chi connectivity index (χ3v) is 8.77. The molecule has 0 bridgehead atoms. The average Bonchev–Trinajstić information content (AvgIpc) is 3.37. The van der Waals surface area contributed by atoms with Crippen LogP contribution in [0.25, 0.3) is 11.1 Å². The van der Waals surface area contributed by atoms with E-state index < -0.39 is 5.60 Å². The summed E-state index contributed by atoms with van der Waals surface area (Å²) in [5, 5.41) is 4.52. The summed E-state index contributed by atoms with van der Waals surface area (Å²) in [5.74, 6) is 0.363. The molecule has 0 saturated carbocycles. The van der Waals surface area contributed by atoms with E-state index in [4.69, 9.17) is 22.1 Å². The summed E-state index contributed by atoms with van der Waals surface area (Å²) in [5.41, 5.74) is 9.21. The van der Waals surface area contributed by atoms with Crippen molar-refractivity contribution in [1.82, 2.24) is 24.1 Å². The van der Waals surface area contributed by atoms with Crippen molar-refractivity contribution in [2.45, 2.75) is 45.1 Å². The molecule has 6 rings (SSSR count). The number of rotatable bonds is 8. The highest BCUT2D eigenvalue weighted by Crippen LogP contribution is 2.59. The molecule has 0 aliphatic carbocycles. The second-order valence-corrected chi connectivity index (χ2v) is 12.4. The zero-order valence-electron chi connectivity index (χ0n) is 25.6. The third kappa shape index (κ3) is 6.57. The van der Waals surface area contributed by atoms with Crippen molar-refractivity contribution >= 4 is 34.4 Å². The molecule has 1 saturated heterocycles. The quantitative estimate of drug-likeness (QED) is 0.136. The Bertz CT molecular complexity index is 1900. The van der Waals surface area contributed by atoms with E-state index in [1.807, 2.05) is 69.3 Å². The molecule has 0 radical (unpaired) electrons. The molecule has 2 atom stereocenters. The number of nitrogen functional groups attached to an aromatic ring is 1. The van der Waals surface area contributed by atoms with Crippen molar-refractivity contribution in [3.63, 3.8) is 0 Å². The molecule has 46 heavy (non-hydrogen) atoms. The maximum Gasteiger partial charge on any atom is 0.306 e. The van der Waals surface area contributed by atoms with E-state index in [1.165, 1.54) is 27.8 Å². The van der Waals surface area contributed by atoms with E-state index in [-0.39, 0.29) is 34.6 Å². The van der Waals surface area contributed by atoms with Gasteiger partial charge >= 0.3 is 5.24 Å². The van der Waals surface area contributed by atoms with Crippen molar-refractivity contribution in [3.8, 4) is 11.1 Å². The van der Waals surface area contributed by atoms with Gasteiger partial charge in [-0.25, -0.2) is 18.7 Å². The lowest BCUT2D eigenvalue weighted by molar-refractivity contribution is 0.254. The van der Waals surface area contributed by atoms with E-state index in [0.29, 0.717) is 22.9 Å². The SMILES string of the molecule is C=CCSC(=O)n1c(N)c(-c2ccccc2C)c(=O)n1C(C)C.Fc1ccc(C2(Cn3cncn3)OC2c2ccccc2Cl)cc1. The van der Waals surface area contributed by atoms with Gasteiger partial charge in [0.25, 0.3) is 5.56 Å². The normalized spacial score (nSPS) is 17.0. The van der Waals surface area contributed by atoms with E-state index in [9.17, 15) is 14.0 Å². The number of carbonyl (C=O) groups is 1. The number of halogens is 2. The van der Waals surface area contributed by atoms with Crippen LogP contribution < -0.4 is 11.3 Å². The number of anilines is 1. The fraction of sp³-hybridized carbons (Fsp3) is 0.235. The molecule has 2 N–H and O–H groups in total. The molecule has 2 unspecified atom stereocenters. The number of hydrogen-bond donors (Lipinski definition) is 1. The predicted molar refractivity (Wildman–Crippen MR) is 180 cm³/mol. The van der Waals surface area contributed by atoms with Crippen LogP contribution in [0.1, 0.15) is 42.7 Å². The molecular weight excluding hydrogens is 627 g/mol. The van der Waals surface area contributed by atoms with Crippen LogP contribution in [0.3, 0.4) is 0 Å². The maximum atomic E-state index is 13.3. The number of carbonyl (C=O) groups excluding carboxylic acids is 1. The minimum absolute atomic E-state index is 0.180. The molecule has 238 valence electrons. The summed E-state index contributed by atoms with van der Waals surface area (Å²) in [7, 11) is 0. The van der Waals surface area contributed by atoms with Crippen LogP contribution in [0.4, 0.5) is 15.0 Å². The van der Waals surface area contributed by atoms with Gasteiger partial charge in [-0.15, -0.1) is 6.58 Å². The number of aromatic nitrogens is 5. The summed E-state index contributed by atoms with van der Waals surface area (Å²) in [6.45, 7) is 9.71. The minimum Gasteiger partial charge on any atom is -0.383 e. The smallest absolute Gasteiger partial charge is 0.306 e. The number of thioether (sulfide) groups is 1. The first-order valence-corrected chi connectivity index (χ1v) is 15.9. The molecule has 1 fully saturated rings. The fourth-order valence-electron chi connectivity index (χ4n) is 5.38. The van der Waals surface area contributed by atoms with Gasteiger partial charge < -0.3 is 10.5 Å². The second-order valence-electron chi connectivity index (χ2n) is 11.0. The number of nitrogens with zero attached hydrogens (tertiary/aromatic N) is 5. The van der Waals surface area contributed by atoms with Crippen molar-refractivity contribution in [2.75, 3.05) is 11.5 Å². The molecular formula is C34H34ClFN6O3S. The largest absolute Gasteiger partial charge is 0.383 e. The Morgan fingerprint density at radius 1 is 1.15 bits per heavy atom. The van der Waals surface area contributed by atoms with E-state index in [0.717, 1.165) is 34.0 Å². The summed E-state index contributed by atoms with van der Waals surface area (Å²) in [6, 6.07) is 21.3. The topological polar surface area (TPSA) is 113 Å². The Hall–Kier alpha value is -4.45. The molecule has 2 aromatic heterocycles. The van der Waals surface area contributed by atoms with Crippen LogP contribution in [0, 0.1) is 12.7 Å². The molecule has 9 nitrogen and oxygen atoms in total. The standard InChI is InChI=1S/C17H13ClFN3O.C17H21N3O2S/c18-15-4-2-1-3-14(15)16-17(23-16,9-22-11-20-10-21-22)12-5-7-13(19)8-6-12;1-5-10-23-17(22)20-15(18)14(16(21)19(20)11(2)3)13-9-7-6-8-12(13)4/h1-8,10-11,16H,9H2;5-9,11H,1,10,18H2,2-4H3. The molecule has 3 heterocycles. The number of hydrogen-bond acceptors (Lipinski definition) is 7. The Morgan fingerprint density at radius 3 is 2.48 bits per heavy atom. The molecule has 3 aromatic carbocycles. The zero-order valence-corrected chi connectivity index (χ0v) is 27.2. The van der Waals surface area contributed by atoms with Gasteiger partial charge in [0.2, 0.25) is 0 Å². The van der Waals surface area contributed by atoms with Crippen LogP contribution in [0.5, 0.6) is 0 Å². The maximum absolute atomic E-state index is 13.3. The Kier molecular flexibility index (Phi) is 9.95. The summed E-state index contributed by atoms with van der Waals surface area (Å²) < 4.78 is 23.7. The van der Waals surface area contributed by atoms with Gasteiger partial charge in [0.15, 0.2) is 0 Å². The number of aryl methyl sites for hydroxylation is 1. The Balaban J connectivity index is 0.000000181. The first kappa shape index (κ1) is 32.9. The van der Waals surface area contributed by atoms with Crippen molar-refractivity contribution in [1.29, 1.82) is 0 Å². The molecule has 0 amide bonds. The highest BCUT2D eigenvalue weighted by molar-refractivity contribution is 8.13. The predicted octanol–water partition coefficient (Wildman–Crippen LogP) is 7.41. The summed E-state index contributed by atoms with van der Waals surface area (Å²) >= 11 is 7.37. The first-order valence-electron chi connectivity index (χ1n) is 14.6. The highest BCUT2D eigenvalue weighted by Gasteiger charge is 2.59. The lowest BCUT2D eigenvalue weighted by Gasteiger charge is -2.14. The number of epoxide rings is 1. The van der Waals surface area contributed by atoms with Gasteiger partial charge in [-0.1, -0.05) is 84.0 Å². The van der Waals surface area contributed by atoms with Gasteiger partial charge in [0, 0.05) is 22.4 Å². The molecule has 5 aromatic rings. The van der Waals surface area contributed by atoms with Crippen LogP contribution in [-0.4, -0.2) is 35.1 Å². The molecule has 1 aliphatic heterocycles. The lowest BCUT2D eigenvalue weighted by atomic mass is 9.91. The number of nitrogens with two attached hydrogens (primary N) is 1. The minimum atomic E-state index is -0.619. The van der Waals surface area contributed by atoms with Crippen molar-refractivity contribution in [2.24, 2.45) is 0 Å². The summed E-state index contributed by atoms with van der Waals surface area (Å²) in [4.78, 5) is 29.3. The van der Waals surface area contributed by atoms with E-state index in [1.54, 1.807) is 29.2 Å². The molecule has 0 spiro atoms. The third-order valence-electron chi connectivity index (χ3n) is 7.60. The lowest BCUT2D eigenvalue weighted by Crippen LogP contribution is -2.28. The highest BCUT2D eigenvalue weighted by atomic mass is 35.5. The van der Waals surface area contributed by atoms with E-state index in [2.05, 4.69) is 16.7 Å². The zero-order chi connectivity index (χ0) is 33.0. The van der Waals surface area contributed by atoms with E-state index >= 15 is 0 Å². The van der Waals surface area contributed by atoms with Gasteiger partial charge in [-0.2, -0.15) is 9.78 Å². The monoisotopic (exact) mass is 660 g/mol. The van der Waals surface area contributed by atoms with Gasteiger partial charge in [0.1, 0.15) is 36.0 Å². The van der Waals surface area contributed by atoms with Crippen molar-refractivity contribution in [3.05, 3.63) is 136 Å². The number of ether oxygens (including phenoxy) is 1. The van der Waals surface area contributed by atoms with Gasteiger partial charge in [-0.3, -0.25) is 9.59 Å². The van der Waals surface area contributed by atoms with Crippen molar-refractivity contribution < 1.29 is 13.9 Å². The molecule has 1 aliphatic rings. The average molecular weight is 661 g/mol. The number of benzene rings is 3. The summed E-state index contributed by atoms with van der Waals surface area (Å²) in [6.07, 6.45) is 4.55. The van der Waals surface area contributed by atoms with Gasteiger partial charge in [0.05, 0.1) is 12.1 Å². The molecule has 12 heteroatoms. The second kappa shape index (κ2) is 13.9.